The molecule has 1 atom stereocenters. The zero-order chi connectivity index (χ0) is 19.0. The van der Waals surface area contributed by atoms with E-state index in [2.05, 4.69) is 22.9 Å². The van der Waals surface area contributed by atoms with Gasteiger partial charge < -0.3 is 15.2 Å². The average Bonchev–Trinajstić information content (AvgIpc) is 3.14. The van der Waals surface area contributed by atoms with Crippen LogP contribution < -0.4 is 5.32 Å². The first kappa shape index (κ1) is 17.1. The zero-order valence-electron chi connectivity index (χ0n) is 15.2. The molecule has 0 spiro atoms. The molecule has 1 aromatic heterocycles. The Morgan fingerprint density at radius 3 is 2.78 bits per heavy atom. The lowest BCUT2D eigenvalue weighted by Gasteiger charge is -2.25. The van der Waals surface area contributed by atoms with E-state index in [-0.39, 0.29) is 24.4 Å². The molecule has 0 saturated heterocycles. The monoisotopic (exact) mass is 359 g/mol. The van der Waals surface area contributed by atoms with E-state index >= 15 is 0 Å². The smallest absolute Gasteiger partial charge is 0.255 e. The van der Waals surface area contributed by atoms with Crippen LogP contribution in [0.4, 0.5) is 0 Å². The third kappa shape index (κ3) is 2.81. The van der Waals surface area contributed by atoms with Gasteiger partial charge in [-0.25, -0.2) is 0 Å². The molecule has 3 aromatic rings. The van der Waals surface area contributed by atoms with Gasteiger partial charge in [-0.2, -0.15) is 0 Å². The first-order valence-corrected chi connectivity index (χ1v) is 8.96. The molecule has 0 radical (unpaired) electrons. The lowest BCUT2D eigenvalue weighted by molar-refractivity contribution is -0.121. The fraction of sp³-hybridized carbons (Fsp3) is 0.182. The number of benzene rings is 2. The first-order chi connectivity index (χ1) is 13.1. The topological polar surface area (TPSA) is 65.2 Å². The molecule has 5 heteroatoms. The summed E-state index contributed by atoms with van der Waals surface area (Å²) in [5.41, 5.74) is 4.66. The third-order valence-electron chi connectivity index (χ3n) is 5.03. The number of hydrogen-bond acceptors (Lipinski definition) is 2. The minimum atomic E-state index is -0.292. The molecule has 1 aliphatic heterocycles. The number of amides is 2. The maximum absolute atomic E-state index is 13.1. The Kier molecular flexibility index (Phi) is 4.28. The highest BCUT2D eigenvalue weighted by Gasteiger charge is 2.40. The van der Waals surface area contributed by atoms with Crippen molar-refractivity contribution in [1.82, 2.24) is 15.2 Å². The van der Waals surface area contributed by atoms with Gasteiger partial charge in [-0.1, -0.05) is 42.5 Å². The van der Waals surface area contributed by atoms with Crippen LogP contribution in [-0.2, 0) is 4.79 Å². The maximum atomic E-state index is 13.1. The van der Waals surface area contributed by atoms with Gasteiger partial charge in [0.25, 0.3) is 5.91 Å². The van der Waals surface area contributed by atoms with E-state index < -0.39 is 0 Å². The fourth-order valence-electron chi connectivity index (χ4n) is 3.89. The van der Waals surface area contributed by atoms with Gasteiger partial charge in [-0.3, -0.25) is 9.59 Å². The lowest BCUT2D eigenvalue weighted by atomic mass is 9.95. The van der Waals surface area contributed by atoms with Crippen LogP contribution in [0.25, 0.3) is 10.9 Å². The normalized spacial score (nSPS) is 15.8. The number of nitrogens with one attached hydrogen (secondary N) is 2. The van der Waals surface area contributed by atoms with Crippen molar-refractivity contribution in [2.75, 3.05) is 13.1 Å². The molecular formula is C22H21N3O2. The summed E-state index contributed by atoms with van der Waals surface area (Å²) < 4.78 is 0. The Morgan fingerprint density at radius 1 is 1.22 bits per heavy atom. The number of carbonyl (C=O) groups excluding carboxylic acids is 2. The standard InChI is InChI=1S/C22H21N3O2/c1-3-12-23-19(26)13-25-21(15-8-4-5-9-16(15)22(25)27)20-14(2)24-18-11-7-6-10-17(18)20/h3-11,21,24H,1,12-13H2,2H3,(H,23,26)/t21-/m0/s1. The molecule has 2 aromatic carbocycles. The van der Waals surface area contributed by atoms with Gasteiger partial charge in [0.15, 0.2) is 0 Å². The van der Waals surface area contributed by atoms with Crippen LogP contribution in [0.2, 0.25) is 0 Å². The molecule has 2 amide bonds. The summed E-state index contributed by atoms with van der Waals surface area (Å²) in [7, 11) is 0. The summed E-state index contributed by atoms with van der Waals surface area (Å²) in [5.74, 6) is -0.312. The molecule has 1 aliphatic rings. The number of hydrogen-bond donors (Lipinski definition) is 2. The van der Waals surface area contributed by atoms with Crippen LogP contribution in [0, 0.1) is 6.92 Å². The van der Waals surface area contributed by atoms with Crippen LogP contribution in [0.5, 0.6) is 0 Å². The van der Waals surface area contributed by atoms with Gasteiger partial charge in [-0.05, 0) is 24.6 Å². The number of para-hydroxylation sites is 1. The second-order valence-corrected chi connectivity index (χ2v) is 6.72. The number of aromatic amines is 1. The number of nitrogens with zero attached hydrogens (tertiary/aromatic N) is 1. The predicted molar refractivity (Wildman–Crippen MR) is 106 cm³/mol. The van der Waals surface area contributed by atoms with Crippen LogP contribution in [-0.4, -0.2) is 34.8 Å². The minimum absolute atomic E-state index is 0.00493. The highest BCUT2D eigenvalue weighted by Crippen LogP contribution is 2.42. The molecule has 2 heterocycles. The molecular weight excluding hydrogens is 338 g/mol. The van der Waals surface area contributed by atoms with Crippen molar-refractivity contribution >= 4 is 22.7 Å². The molecule has 5 nitrogen and oxygen atoms in total. The Morgan fingerprint density at radius 2 is 1.96 bits per heavy atom. The van der Waals surface area contributed by atoms with Gasteiger partial charge in [0, 0.05) is 34.3 Å². The second-order valence-electron chi connectivity index (χ2n) is 6.72. The summed E-state index contributed by atoms with van der Waals surface area (Å²) in [6.07, 6.45) is 1.62. The van der Waals surface area contributed by atoms with E-state index in [9.17, 15) is 9.59 Å². The van der Waals surface area contributed by atoms with Crippen LogP contribution in [0.3, 0.4) is 0 Å². The number of carbonyl (C=O) groups is 2. The summed E-state index contributed by atoms with van der Waals surface area (Å²) in [6.45, 7) is 6.01. The Balaban J connectivity index is 1.83. The first-order valence-electron chi connectivity index (χ1n) is 8.96. The molecule has 0 aliphatic carbocycles. The molecule has 136 valence electrons. The summed E-state index contributed by atoms with van der Waals surface area (Å²) in [6, 6.07) is 15.3. The van der Waals surface area contributed by atoms with Crippen LogP contribution in [0.1, 0.15) is 33.2 Å². The molecule has 2 N–H and O–H groups in total. The highest BCUT2D eigenvalue weighted by atomic mass is 16.2. The van der Waals surface area contributed by atoms with Gasteiger partial charge in [-0.15, -0.1) is 6.58 Å². The van der Waals surface area contributed by atoms with E-state index in [1.807, 2.05) is 49.4 Å². The van der Waals surface area contributed by atoms with E-state index in [1.54, 1.807) is 11.0 Å². The summed E-state index contributed by atoms with van der Waals surface area (Å²) in [5, 5.41) is 3.84. The van der Waals surface area contributed by atoms with E-state index in [0.717, 1.165) is 27.7 Å². The van der Waals surface area contributed by atoms with Crippen molar-refractivity contribution in [3.05, 3.63) is 83.6 Å². The predicted octanol–water partition coefficient (Wildman–Crippen LogP) is 3.32. The quantitative estimate of drug-likeness (QED) is 0.687. The van der Waals surface area contributed by atoms with Crippen molar-refractivity contribution < 1.29 is 9.59 Å². The van der Waals surface area contributed by atoms with Crippen molar-refractivity contribution in [3.63, 3.8) is 0 Å². The number of rotatable bonds is 5. The van der Waals surface area contributed by atoms with Crippen molar-refractivity contribution in [3.8, 4) is 0 Å². The lowest BCUT2D eigenvalue weighted by Crippen LogP contribution is -2.39. The van der Waals surface area contributed by atoms with Gasteiger partial charge in [0.2, 0.25) is 5.91 Å². The Hall–Kier alpha value is -3.34. The fourth-order valence-corrected chi connectivity index (χ4v) is 3.89. The van der Waals surface area contributed by atoms with E-state index in [1.165, 1.54) is 0 Å². The van der Waals surface area contributed by atoms with Crippen LogP contribution >= 0.6 is 0 Å². The average molecular weight is 359 g/mol. The maximum Gasteiger partial charge on any atom is 0.255 e. The van der Waals surface area contributed by atoms with E-state index in [0.29, 0.717) is 12.1 Å². The van der Waals surface area contributed by atoms with Crippen molar-refractivity contribution in [2.24, 2.45) is 0 Å². The third-order valence-corrected chi connectivity index (χ3v) is 5.03. The second kappa shape index (κ2) is 6.76. The SMILES string of the molecule is C=CCNC(=O)CN1C(=O)c2ccccc2[C@H]1c1c(C)[nH]c2ccccc12. The van der Waals surface area contributed by atoms with Crippen LogP contribution in [0.15, 0.2) is 61.2 Å². The number of fused-ring (bicyclic) bond motifs is 2. The van der Waals surface area contributed by atoms with Gasteiger partial charge >= 0.3 is 0 Å². The Labute approximate surface area is 157 Å². The van der Waals surface area contributed by atoms with E-state index in [4.69, 9.17) is 0 Å². The van der Waals surface area contributed by atoms with Crippen molar-refractivity contribution in [1.29, 1.82) is 0 Å². The summed E-state index contributed by atoms with van der Waals surface area (Å²) >= 11 is 0. The van der Waals surface area contributed by atoms with Gasteiger partial charge in [0.05, 0.1) is 6.04 Å². The molecule has 0 bridgehead atoms. The molecule has 27 heavy (non-hydrogen) atoms. The molecule has 0 fully saturated rings. The number of aromatic nitrogens is 1. The number of aryl methyl sites for hydroxylation is 1. The highest BCUT2D eigenvalue weighted by molar-refractivity contribution is 6.02. The minimum Gasteiger partial charge on any atom is -0.358 e. The van der Waals surface area contributed by atoms with Crippen molar-refractivity contribution in [2.45, 2.75) is 13.0 Å². The zero-order valence-corrected chi connectivity index (χ0v) is 15.2. The molecule has 0 saturated carbocycles. The van der Waals surface area contributed by atoms with Gasteiger partial charge in [0.1, 0.15) is 6.54 Å². The Bertz CT molecular complexity index is 1050. The number of H-pyrrole nitrogens is 1. The molecule has 4 rings (SSSR count). The summed E-state index contributed by atoms with van der Waals surface area (Å²) in [4.78, 5) is 30.5. The largest absolute Gasteiger partial charge is 0.358 e. The molecule has 0 unspecified atom stereocenters.